The van der Waals surface area contributed by atoms with Crippen molar-refractivity contribution in [2.45, 2.75) is 51.5 Å². The van der Waals surface area contributed by atoms with Gasteiger partial charge in [-0.1, -0.05) is 13.0 Å². The first-order valence-electron chi connectivity index (χ1n) is 7.84. The van der Waals surface area contributed by atoms with Crippen LogP contribution in [0.25, 0.3) is 0 Å². The lowest BCUT2D eigenvalue weighted by Gasteiger charge is -2.27. The third kappa shape index (κ3) is 3.97. The Morgan fingerprint density at radius 2 is 2.05 bits per heavy atom. The molecule has 1 amide bonds. The molecule has 0 spiro atoms. The maximum atomic E-state index is 11.7. The maximum Gasteiger partial charge on any atom is 0.240 e. The summed E-state index contributed by atoms with van der Waals surface area (Å²) in [6.07, 6.45) is 5.74. The first-order chi connectivity index (χ1) is 10.0. The lowest BCUT2D eigenvalue weighted by atomic mass is 9.92. The van der Waals surface area contributed by atoms with Crippen LogP contribution in [0, 0.1) is 0 Å². The molecule has 3 N–H and O–H groups in total. The Kier molecular flexibility index (Phi) is 5.23. The standard InChI is InChI=1S/C17H26N2O2/c1-3-10-19-17(2,16(18)20)12-21-15-9-8-13-6-4-5-7-14(13)11-15/h8-9,11,19H,3-7,10,12H2,1-2H3,(H2,18,20). The van der Waals surface area contributed by atoms with E-state index in [4.69, 9.17) is 10.5 Å². The molecule has 0 saturated carbocycles. The number of ether oxygens (including phenoxy) is 1. The smallest absolute Gasteiger partial charge is 0.240 e. The summed E-state index contributed by atoms with van der Waals surface area (Å²) < 4.78 is 5.83. The van der Waals surface area contributed by atoms with Crippen LogP contribution >= 0.6 is 0 Å². The molecule has 1 aliphatic rings. The van der Waals surface area contributed by atoms with Gasteiger partial charge in [-0.15, -0.1) is 0 Å². The Morgan fingerprint density at radius 1 is 1.33 bits per heavy atom. The molecule has 0 aliphatic heterocycles. The summed E-state index contributed by atoms with van der Waals surface area (Å²) in [6.45, 7) is 4.84. The summed E-state index contributed by atoms with van der Waals surface area (Å²) in [6, 6.07) is 6.24. The molecule has 2 rings (SSSR count). The SMILES string of the molecule is CCCNC(C)(COc1ccc2c(c1)CCCC2)C(N)=O. The molecule has 1 unspecified atom stereocenters. The first kappa shape index (κ1) is 15.8. The Hall–Kier alpha value is -1.55. The van der Waals surface area contributed by atoms with Gasteiger partial charge in [0.25, 0.3) is 0 Å². The van der Waals surface area contributed by atoms with Gasteiger partial charge in [0.1, 0.15) is 17.9 Å². The van der Waals surface area contributed by atoms with E-state index >= 15 is 0 Å². The number of benzene rings is 1. The molecule has 4 heteroatoms. The molecule has 1 aromatic rings. The quantitative estimate of drug-likeness (QED) is 0.809. The van der Waals surface area contributed by atoms with Crippen molar-refractivity contribution in [2.75, 3.05) is 13.2 Å². The molecule has 0 bridgehead atoms. The molecule has 1 atom stereocenters. The number of fused-ring (bicyclic) bond motifs is 1. The van der Waals surface area contributed by atoms with Crippen LogP contribution in [0.3, 0.4) is 0 Å². The summed E-state index contributed by atoms with van der Waals surface area (Å²) >= 11 is 0. The predicted octanol–water partition coefficient (Wildman–Crippen LogP) is 2.19. The van der Waals surface area contributed by atoms with E-state index in [1.54, 1.807) is 6.92 Å². The molecule has 0 radical (unpaired) electrons. The summed E-state index contributed by atoms with van der Waals surface area (Å²) in [5.41, 5.74) is 7.48. The van der Waals surface area contributed by atoms with Gasteiger partial charge in [0.05, 0.1) is 0 Å². The lowest BCUT2D eigenvalue weighted by Crippen LogP contribution is -2.57. The van der Waals surface area contributed by atoms with Gasteiger partial charge >= 0.3 is 0 Å². The Bertz CT molecular complexity index is 502. The number of rotatable bonds is 7. The van der Waals surface area contributed by atoms with Crippen molar-refractivity contribution in [1.29, 1.82) is 0 Å². The van der Waals surface area contributed by atoms with Crippen molar-refractivity contribution >= 4 is 5.91 Å². The van der Waals surface area contributed by atoms with E-state index in [-0.39, 0.29) is 12.5 Å². The highest BCUT2D eigenvalue weighted by Crippen LogP contribution is 2.25. The Labute approximate surface area is 127 Å². The van der Waals surface area contributed by atoms with Crippen LogP contribution in [-0.2, 0) is 17.6 Å². The largest absolute Gasteiger partial charge is 0.491 e. The van der Waals surface area contributed by atoms with Gasteiger partial charge < -0.3 is 15.8 Å². The number of primary amides is 1. The number of nitrogens with two attached hydrogens (primary N) is 1. The van der Waals surface area contributed by atoms with E-state index in [2.05, 4.69) is 24.4 Å². The van der Waals surface area contributed by atoms with Crippen LogP contribution in [-0.4, -0.2) is 24.6 Å². The number of carbonyl (C=O) groups is 1. The third-order valence-electron chi connectivity index (χ3n) is 4.16. The summed E-state index contributed by atoms with van der Waals surface area (Å²) in [5, 5.41) is 3.18. The third-order valence-corrected chi connectivity index (χ3v) is 4.16. The molecule has 0 saturated heterocycles. The summed E-state index contributed by atoms with van der Waals surface area (Å²) in [4.78, 5) is 11.7. The van der Waals surface area contributed by atoms with Gasteiger partial charge in [-0.25, -0.2) is 0 Å². The number of hydrogen-bond donors (Lipinski definition) is 2. The zero-order chi connectivity index (χ0) is 15.3. The van der Waals surface area contributed by atoms with Gasteiger partial charge in [-0.3, -0.25) is 4.79 Å². The highest BCUT2D eigenvalue weighted by Gasteiger charge is 2.31. The zero-order valence-corrected chi connectivity index (χ0v) is 13.1. The molecule has 4 nitrogen and oxygen atoms in total. The fraction of sp³-hybridized carbons (Fsp3) is 0.588. The van der Waals surface area contributed by atoms with Crippen LogP contribution in [0.4, 0.5) is 0 Å². The fourth-order valence-corrected chi connectivity index (χ4v) is 2.64. The minimum atomic E-state index is -0.827. The minimum absolute atomic E-state index is 0.251. The second-order valence-corrected chi connectivity index (χ2v) is 6.05. The van der Waals surface area contributed by atoms with Crippen molar-refractivity contribution in [2.24, 2.45) is 5.73 Å². The second kappa shape index (κ2) is 6.94. The monoisotopic (exact) mass is 290 g/mol. The topological polar surface area (TPSA) is 64.3 Å². The van der Waals surface area contributed by atoms with E-state index < -0.39 is 5.54 Å². The highest BCUT2D eigenvalue weighted by molar-refractivity contribution is 5.84. The molecule has 0 heterocycles. The molecule has 0 fully saturated rings. The first-order valence-corrected chi connectivity index (χ1v) is 7.84. The van der Waals surface area contributed by atoms with Crippen LogP contribution in [0.2, 0.25) is 0 Å². The van der Waals surface area contributed by atoms with E-state index in [1.165, 1.54) is 24.0 Å². The van der Waals surface area contributed by atoms with E-state index in [1.807, 2.05) is 6.07 Å². The van der Waals surface area contributed by atoms with Crippen molar-refractivity contribution in [1.82, 2.24) is 5.32 Å². The molecule has 0 aromatic heterocycles. The van der Waals surface area contributed by atoms with E-state index in [0.29, 0.717) is 0 Å². The maximum absolute atomic E-state index is 11.7. The van der Waals surface area contributed by atoms with Crippen LogP contribution in [0.5, 0.6) is 5.75 Å². The highest BCUT2D eigenvalue weighted by atomic mass is 16.5. The predicted molar refractivity (Wildman–Crippen MR) is 84.5 cm³/mol. The molecular formula is C17H26N2O2. The average Bonchev–Trinajstić information content (AvgIpc) is 2.50. The molecule has 21 heavy (non-hydrogen) atoms. The van der Waals surface area contributed by atoms with Gasteiger partial charge in [0.15, 0.2) is 0 Å². The number of aryl methyl sites for hydroxylation is 2. The van der Waals surface area contributed by atoms with Gasteiger partial charge in [-0.05, 0) is 68.8 Å². The molecular weight excluding hydrogens is 264 g/mol. The van der Waals surface area contributed by atoms with Crippen LogP contribution in [0.1, 0.15) is 44.2 Å². The number of nitrogens with one attached hydrogen (secondary N) is 1. The number of hydrogen-bond acceptors (Lipinski definition) is 3. The molecule has 1 aliphatic carbocycles. The lowest BCUT2D eigenvalue weighted by molar-refractivity contribution is -0.125. The average molecular weight is 290 g/mol. The van der Waals surface area contributed by atoms with Gasteiger partial charge in [0, 0.05) is 0 Å². The van der Waals surface area contributed by atoms with Crippen LogP contribution < -0.4 is 15.8 Å². The Morgan fingerprint density at radius 3 is 2.71 bits per heavy atom. The second-order valence-electron chi connectivity index (χ2n) is 6.05. The number of amides is 1. The van der Waals surface area contributed by atoms with Gasteiger partial charge in [-0.2, -0.15) is 0 Å². The van der Waals surface area contributed by atoms with Gasteiger partial charge in [0.2, 0.25) is 5.91 Å². The summed E-state index contributed by atoms with van der Waals surface area (Å²) in [5.74, 6) is 0.440. The van der Waals surface area contributed by atoms with Crippen molar-refractivity contribution in [3.63, 3.8) is 0 Å². The fourth-order valence-electron chi connectivity index (χ4n) is 2.64. The molecule has 1 aromatic carbocycles. The van der Waals surface area contributed by atoms with E-state index in [0.717, 1.165) is 31.6 Å². The van der Waals surface area contributed by atoms with Crippen LogP contribution in [0.15, 0.2) is 18.2 Å². The Balaban J connectivity index is 2.02. The molecule has 116 valence electrons. The minimum Gasteiger partial charge on any atom is -0.491 e. The number of carbonyl (C=O) groups excluding carboxylic acids is 1. The van der Waals surface area contributed by atoms with Crippen molar-refractivity contribution in [3.05, 3.63) is 29.3 Å². The van der Waals surface area contributed by atoms with Crippen molar-refractivity contribution in [3.8, 4) is 5.75 Å². The van der Waals surface area contributed by atoms with Crippen molar-refractivity contribution < 1.29 is 9.53 Å². The summed E-state index contributed by atoms with van der Waals surface area (Å²) in [7, 11) is 0. The normalized spacial score (nSPS) is 16.9. The zero-order valence-electron chi connectivity index (χ0n) is 13.1. The van der Waals surface area contributed by atoms with E-state index in [9.17, 15) is 4.79 Å².